The number of carbonyl (C=O) groups excluding carboxylic acids is 1. The van der Waals surface area contributed by atoms with Gasteiger partial charge in [-0.3, -0.25) is 4.79 Å². The molecule has 0 aliphatic carbocycles. The van der Waals surface area contributed by atoms with Crippen LogP contribution in [-0.4, -0.2) is 23.2 Å². The van der Waals surface area contributed by atoms with E-state index in [1.807, 2.05) is 6.07 Å². The molecule has 3 rings (SSSR count). The molecule has 2 aromatic rings. The smallest absolute Gasteiger partial charge is 0.423 e. The second kappa shape index (κ2) is 4.28. The number of hydrogen-bond donors (Lipinski definition) is 2. The third-order valence-electron chi connectivity index (χ3n) is 2.73. The topological polar surface area (TPSA) is 84.6 Å². The van der Waals surface area contributed by atoms with Crippen LogP contribution in [0.1, 0.15) is 16.1 Å². The van der Waals surface area contributed by atoms with Gasteiger partial charge in [0.25, 0.3) is 5.91 Å². The molecule has 1 aromatic heterocycles. The Morgan fingerprint density at radius 3 is 3.11 bits per heavy atom. The molecule has 6 nitrogen and oxygen atoms in total. The average molecular weight is 244 g/mol. The molecule has 1 aliphatic heterocycles. The van der Waals surface area contributed by atoms with Gasteiger partial charge in [0.05, 0.1) is 12.8 Å². The van der Waals surface area contributed by atoms with Gasteiger partial charge in [0, 0.05) is 11.8 Å². The van der Waals surface area contributed by atoms with Crippen molar-refractivity contribution >= 4 is 24.2 Å². The summed E-state index contributed by atoms with van der Waals surface area (Å²) in [5.41, 5.74) is 2.16. The van der Waals surface area contributed by atoms with E-state index in [2.05, 4.69) is 10.5 Å². The zero-order valence-electron chi connectivity index (χ0n) is 9.29. The number of nitrogens with zero attached hydrogens (tertiary/aromatic N) is 1. The predicted molar refractivity (Wildman–Crippen MR) is 63.3 cm³/mol. The van der Waals surface area contributed by atoms with Crippen molar-refractivity contribution in [1.29, 1.82) is 0 Å². The van der Waals surface area contributed by atoms with Gasteiger partial charge in [-0.1, -0.05) is 11.2 Å². The first-order valence-corrected chi connectivity index (χ1v) is 5.38. The largest absolute Gasteiger partial charge is 0.491 e. The summed E-state index contributed by atoms with van der Waals surface area (Å²) >= 11 is 0. The van der Waals surface area contributed by atoms with Crippen LogP contribution in [0.3, 0.4) is 0 Å². The van der Waals surface area contributed by atoms with Crippen LogP contribution in [0.25, 0.3) is 0 Å². The Hall–Kier alpha value is -2.12. The van der Waals surface area contributed by atoms with Crippen LogP contribution < -0.4 is 10.8 Å². The van der Waals surface area contributed by atoms with E-state index in [4.69, 9.17) is 9.18 Å². The summed E-state index contributed by atoms with van der Waals surface area (Å²) in [6.45, 7) is 0.382. The highest BCUT2D eigenvalue weighted by Crippen LogP contribution is 2.15. The van der Waals surface area contributed by atoms with Crippen molar-refractivity contribution in [3.63, 3.8) is 0 Å². The lowest BCUT2D eigenvalue weighted by molar-refractivity contribution is 0.0988. The lowest BCUT2D eigenvalue weighted by Crippen LogP contribution is -2.28. The number of fused-ring (bicyclic) bond motifs is 1. The zero-order chi connectivity index (χ0) is 12.5. The van der Waals surface area contributed by atoms with Crippen molar-refractivity contribution in [2.45, 2.75) is 6.61 Å². The molecule has 0 saturated carbocycles. The summed E-state index contributed by atoms with van der Waals surface area (Å²) in [4.78, 5) is 11.7. The Morgan fingerprint density at radius 1 is 1.44 bits per heavy atom. The molecule has 0 saturated heterocycles. The first-order chi connectivity index (χ1) is 8.74. The normalized spacial score (nSPS) is 13.5. The molecular weight excluding hydrogens is 235 g/mol. The molecule has 1 aromatic carbocycles. The molecule has 90 valence electrons. The first-order valence-electron chi connectivity index (χ1n) is 5.38. The monoisotopic (exact) mass is 244 g/mol. The minimum Gasteiger partial charge on any atom is -0.423 e. The van der Waals surface area contributed by atoms with Gasteiger partial charge in [-0.05, 0) is 23.2 Å². The maximum absolute atomic E-state index is 11.7. The third-order valence-corrected chi connectivity index (χ3v) is 2.73. The number of benzene rings is 1. The number of rotatable bonds is 2. The van der Waals surface area contributed by atoms with Gasteiger partial charge in [0.2, 0.25) is 5.76 Å². The molecule has 0 radical (unpaired) electrons. The van der Waals surface area contributed by atoms with E-state index < -0.39 is 7.12 Å². The van der Waals surface area contributed by atoms with E-state index >= 15 is 0 Å². The lowest BCUT2D eigenvalue weighted by atomic mass is 9.79. The molecule has 2 N–H and O–H groups in total. The zero-order valence-corrected chi connectivity index (χ0v) is 9.29. The summed E-state index contributed by atoms with van der Waals surface area (Å²) in [6.07, 6.45) is 1.40. The Balaban J connectivity index is 1.82. The van der Waals surface area contributed by atoms with Crippen LogP contribution in [0.4, 0.5) is 5.69 Å². The van der Waals surface area contributed by atoms with Crippen LogP contribution in [0.5, 0.6) is 0 Å². The van der Waals surface area contributed by atoms with Crippen molar-refractivity contribution in [3.8, 4) is 0 Å². The second-order valence-electron chi connectivity index (χ2n) is 3.91. The van der Waals surface area contributed by atoms with E-state index in [0.717, 1.165) is 5.56 Å². The minimum atomic E-state index is -0.929. The van der Waals surface area contributed by atoms with Crippen LogP contribution in [-0.2, 0) is 11.3 Å². The fraction of sp³-hybridized carbons (Fsp3) is 0.0909. The fourth-order valence-corrected chi connectivity index (χ4v) is 1.82. The summed E-state index contributed by atoms with van der Waals surface area (Å²) in [6, 6.07) is 6.71. The van der Waals surface area contributed by atoms with Crippen LogP contribution >= 0.6 is 0 Å². The van der Waals surface area contributed by atoms with E-state index in [1.165, 1.54) is 12.3 Å². The van der Waals surface area contributed by atoms with Gasteiger partial charge in [-0.2, -0.15) is 0 Å². The van der Waals surface area contributed by atoms with Crippen molar-refractivity contribution < 1.29 is 19.0 Å². The van der Waals surface area contributed by atoms with Crippen molar-refractivity contribution in [3.05, 3.63) is 41.8 Å². The highest BCUT2D eigenvalue weighted by molar-refractivity contribution is 6.61. The number of anilines is 1. The molecular formula is C11H9BN2O4. The maximum Gasteiger partial charge on any atom is 0.491 e. The van der Waals surface area contributed by atoms with E-state index in [9.17, 15) is 9.82 Å². The summed E-state index contributed by atoms with van der Waals surface area (Å²) in [5.74, 6) is -0.256. The Bertz CT molecular complexity index is 585. The molecule has 0 unspecified atom stereocenters. The highest BCUT2D eigenvalue weighted by atomic mass is 16.5. The van der Waals surface area contributed by atoms with Crippen molar-refractivity contribution in [1.82, 2.24) is 5.16 Å². The molecule has 0 spiro atoms. The molecule has 0 bridgehead atoms. The Labute approximate surface area is 103 Å². The Kier molecular flexibility index (Phi) is 2.62. The number of nitrogens with one attached hydrogen (secondary N) is 1. The summed E-state index contributed by atoms with van der Waals surface area (Å²) in [7, 11) is -0.929. The number of hydrogen-bond acceptors (Lipinski definition) is 5. The van der Waals surface area contributed by atoms with Crippen LogP contribution in [0.2, 0.25) is 0 Å². The fourth-order valence-electron chi connectivity index (χ4n) is 1.82. The van der Waals surface area contributed by atoms with E-state index in [1.54, 1.807) is 12.1 Å². The van der Waals surface area contributed by atoms with Crippen LogP contribution in [0, 0.1) is 0 Å². The molecule has 1 amide bonds. The predicted octanol–water partition coefficient (Wildman–Crippen LogP) is 0.145. The van der Waals surface area contributed by atoms with E-state index in [-0.39, 0.29) is 11.7 Å². The Morgan fingerprint density at radius 2 is 2.33 bits per heavy atom. The lowest BCUT2D eigenvalue weighted by Gasteiger charge is -2.05. The first kappa shape index (κ1) is 11.0. The molecule has 2 heterocycles. The van der Waals surface area contributed by atoms with Gasteiger partial charge < -0.3 is 19.5 Å². The van der Waals surface area contributed by atoms with Gasteiger partial charge >= 0.3 is 7.12 Å². The number of carbonyl (C=O) groups is 1. The molecule has 0 atom stereocenters. The summed E-state index contributed by atoms with van der Waals surface area (Å²) < 4.78 is 9.81. The number of aromatic nitrogens is 1. The standard InChI is InChI=1S/C11H9BN2O4/c15-11(10-3-4-13-18-10)14-8-2-1-7-6-17-12(16)9(7)5-8/h1-5,16H,6H2,(H,14,15). The molecule has 7 heteroatoms. The highest BCUT2D eigenvalue weighted by Gasteiger charge is 2.27. The number of amides is 1. The van der Waals surface area contributed by atoms with Crippen LogP contribution in [0.15, 0.2) is 35.0 Å². The van der Waals surface area contributed by atoms with Gasteiger partial charge in [0.1, 0.15) is 0 Å². The van der Waals surface area contributed by atoms with Gasteiger partial charge in [-0.15, -0.1) is 0 Å². The van der Waals surface area contributed by atoms with Gasteiger partial charge in [-0.25, -0.2) is 0 Å². The quantitative estimate of drug-likeness (QED) is 0.734. The van der Waals surface area contributed by atoms with E-state index in [0.29, 0.717) is 17.8 Å². The van der Waals surface area contributed by atoms with Gasteiger partial charge in [0.15, 0.2) is 0 Å². The SMILES string of the molecule is O=C(Nc1ccc2c(c1)B(O)OC2)c1ccno1. The second-order valence-corrected chi connectivity index (χ2v) is 3.91. The minimum absolute atomic E-state index is 0.132. The van der Waals surface area contributed by atoms with Crippen molar-refractivity contribution in [2.75, 3.05) is 5.32 Å². The third kappa shape index (κ3) is 1.89. The molecule has 0 fully saturated rings. The summed E-state index contributed by atoms with van der Waals surface area (Å²) in [5, 5.41) is 15.7. The average Bonchev–Trinajstić information content (AvgIpc) is 3.00. The molecule has 1 aliphatic rings. The maximum atomic E-state index is 11.7. The van der Waals surface area contributed by atoms with Crippen molar-refractivity contribution in [2.24, 2.45) is 0 Å². The molecule has 18 heavy (non-hydrogen) atoms.